The van der Waals surface area contributed by atoms with E-state index < -0.39 is 63.7 Å². The van der Waals surface area contributed by atoms with Gasteiger partial charge in [0.15, 0.2) is 12.4 Å². The van der Waals surface area contributed by atoms with E-state index in [0.29, 0.717) is 32.1 Å². The van der Waals surface area contributed by atoms with Gasteiger partial charge in [-0.05, 0) is 77.0 Å². The molecule has 0 aliphatic carbocycles. The van der Waals surface area contributed by atoms with E-state index in [9.17, 15) is 29.5 Å². The number of hydrogen-bond donors (Lipinski definition) is 5. The molecule has 0 radical (unpaired) electrons. The van der Waals surface area contributed by atoms with E-state index in [0.717, 1.165) is 70.6 Å². The minimum Gasteiger partial charge on any atom is -0.462 e. The maximum atomic E-state index is 12.5. The first-order valence-corrected chi connectivity index (χ1v) is 22.8. The average Bonchev–Trinajstić information content (AvgIpc) is 3.17. The first-order valence-electron chi connectivity index (χ1n) is 21.3. The number of phosphoric acid groups is 1. The molecule has 0 aromatic rings. The molecule has 1 aliphatic rings. The quantitative estimate of drug-likeness (QED) is 0.0183. The van der Waals surface area contributed by atoms with Crippen LogP contribution >= 0.6 is 7.82 Å². The zero-order valence-electron chi connectivity index (χ0n) is 34.9. The third-order valence-electron chi connectivity index (χ3n) is 9.19. The predicted molar refractivity (Wildman–Crippen MR) is 228 cm³/mol. The SMILES string of the molecule is CC/C=C\C/C=C\C/C=C\C/C=C\C/C=C\CCCCCC(=O)O[C@H](COC(=O)CCC/C=C\C[C@H]1[C@@H](O)CC(O)O[C@@H]1/C=C/[C@@H](O)CCCCC)COP(=O)(O)O. The van der Waals surface area contributed by atoms with Crippen molar-refractivity contribution in [2.24, 2.45) is 5.92 Å². The van der Waals surface area contributed by atoms with Crippen molar-refractivity contribution in [3.05, 3.63) is 85.1 Å². The second-order valence-electron chi connectivity index (χ2n) is 14.5. The van der Waals surface area contributed by atoms with Crippen LogP contribution in [0.25, 0.3) is 0 Å². The van der Waals surface area contributed by atoms with Crippen molar-refractivity contribution >= 4 is 19.8 Å². The molecule has 1 saturated heterocycles. The van der Waals surface area contributed by atoms with Gasteiger partial charge < -0.3 is 39.3 Å². The molecule has 0 spiro atoms. The van der Waals surface area contributed by atoms with E-state index in [4.69, 9.17) is 24.0 Å². The molecular formula is C45H73O12P. The molecule has 1 rings (SSSR count). The molecule has 13 heteroatoms. The van der Waals surface area contributed by atoms with Crippen LogP contribution in [0.3, 0.4) is 0 Å². The highest BCUT2D eigenvalue weighted by molar-refractivity contribution is 7.46. The highest BCUT2D eigenvalue weighted by Crippen LogP contribution is 2.36. The van der Waals surface area contributed by atoms with Crippen LogP contribution in [0.5, 0.6) is 0 Å². The van der Waals surface area contributed by atoms with Crippen LogP contribution < -0.4 is 0 Å². The third kappa shape index (κ3) is 31.1. The van der Waals surface area contributed by atoms with Crippen molar-refractivity contribution in [2.45, 2.75) is 167 Å². The Hall–Kier alpha value is -2.93. The minimum atomic E-state index is -4.84. The molecule has 12 nitrogen and oxygen atoms in total. The Bertz CT molecular complexity index is 1330. The summed E-state index contributed by atoms with van der Waals surface area (Å²) in [4.78, 5) is 43.1. The summed E-state index contributed by atoms with van der Waals surface area (Å²) in [6.07, 6.45) is 37.8. The number of hydrogen-bond acceptors (Lipinski definition) is 10. The Balaban J connectivity index is 2.34. The lowest BCUT2D eigenvalue weighted by atomic mass is 9.87. The van der Waals surface area contributed by atoms with Gasteiger partial charge in [-0.1, -0.05) is 125 Å². The fourth-order valence-electron chi connectivity index (χ4n) is 5.97. The number of rotatable bonds is 33. The number of allylic oxidation sites excluding steroid dienone is 12. The highest BCUT2D eigenvalue weighted by Gasteiger charge is 2.35. The summed E-state index contributed by atoms with van der Waals surface area (Å²) in [6, 6.07) is 0. The van der Waals surface area contributed by atoms with Gasteiger partial charge in [-0.15, -0.1) is 0 Å². The maximum absolute atomic E-state index is 12.5. The molecular weight excluding hydrogens is 763 g/mol. The fraction of sp³-hybridized carbons (Fsp3) is 0.644. The normalized spacial score (nSPS) is 20.5. The van der Waals surface area contributed by atoms with Crippen LogP contribution in [-0.2, 0) is 32.9 Å². The highest BCUT2D eigenvalue weighted by atomic mass is 31.2. The van der Waals surface area contributed by atoms with Crippen LogP contribution in [-0.4, -0.2) is 81.0 Å². The molecule has 58 heavy (non-hydrogen) atoms. The van der Waals surface area contributed by atoms with Crippen molar-refractivity contribution in [1.82, 2.24) is 0 Å². The van der Waals surface area contributed by atoms with Gasteiger partial charge in [0.05, 0.1) is 24.9 Å². The van der Waals surface area contributed by atoms with Gasteiger partial charge in [0.2, 0.25) is 0 Å². The summed E-state index contributed by atoms with van der Waals surface area (Å²) in [5, 5.41) is 30.8. The number of aliphatic hydroxyl groups excluding tert-OH is 3. The summed E-state index contributed by atoms with van der Waals surface area (Å²) >= 11 is 0. The van der Waals surface area contributed by atoms with Gasteiger partial charge in [0.25, 0.3) is 0 Å². The van der Waals surface area contributed by atoms with E-state index in [1.165, 1.54) is 0 Å². The molecule has 1 fully saturated rings. The molecule has 1 unspecified atom stereocenters. The molecule has 1 aliphatic heterocycles. The van der Waals surface area contributed by atoms with Gasteiger partial charge in [-0.25, -0.2) is 4.57 Å². The Kier molecular flexibility index (Phi) is 31.9. The topological polar surface area (TPSA) is 189 Å². The Morgan fingerprint density at radius 1 is 0.741 bits per heavy atom. The van der Waals surface area contributed by atoms with Gasteiger partial charge in [0.1, 0.15) is 6.61 Å². The van der Waals surface area contributed by atoms with Crippen LogP contribution in [0, 0.1) is 5.92 Å². The lowest BCUT2D eigenvalue weighted by molar-refractivity contribution is -0.199. The molecule has 6 atom stereocenters. The van der Waals surface area contributed by atoms with Crippen molar-refractivity contribution in [3.8, 4) is 0 Å². The van der Waals surface area contributed by atoms with Crippen molar-refractivity contribution in [3.63, 3.8) is 0 Å². The summed E-state index contributed by atoms with van der Waals surface area (Å²) in [6.45, 7) is 3.19. The number of carbonyl (C=O) groups excluding carboxylic acids is 2. The monoisotopic (exact) mass is 836 g/mol. The van der Waals surface area contributed by atoms with Crippen LogP contribution in [0.2, 0.25) is 0 Å². The lowest BCUT2D eigenvalue weighted by Gasteiger charge is -2.36. The largest absolute Gasteiger partial charge is 0.469 e. The Morgan fingerprint density at radius 2 is 1.34 bits per heavy atom. The number of phosphoric ester groups is 1. The number of carbonyl (C=O) groups is 2. The second-order valence-corrected chi connectivity index (χ2v) is 15.7. The van der Waals surface area contributed by atoms with E-state index >= 15 is 0 Å². The molecule has 0 aromatic heterocycles. The van der Waals surface area contributed by atoms with Crippen molar-refractivity contribution in [2.75, 3.05) is 13.2 Å². The molecule has 330 valence electrons. The predicted octanol–water partition coefficient (Wildman–Crippen LogP) is 8.95. The molecule has 5 N–H and O–H groups in total. The smallest absolute Gasteiger partial charge is 0.462 e. The standard InChI is InChI=1S/C45H73O12P/c1-3-5-7-8-9-10-11-12-13-14-15-16-17-18-19-20-21-22-28-32-44(49)56-39(37-55-58(51,52)53)36-54-43(48)31-27-24-23-26-30-40-41(47)35-45(50)57-42(40)34-33-38(46)29-25-6-4-2/h5,7,9-10,12-13,15-16,18-19,23,26,33-34,38-42,45-47,50H,3-4,6,8,11,14,17,20-22,24-25,27-32,35-37H2,1-2H3,(H2,51,52,53)/b7-5-,10-9-,13-12-,16-15-,19-18-,26-23-,34-33+/t38-,39+,40-,41-,42+,45?/m0/s1. The van der Waals surface area contributed by atoms with E-state index in [-0.39, 0.29) is 25.2 Å². The molecule has 0 amide bonds. The molecule has 0 aromatic carbocycles. The number of aliphatic hydroxyl groups is 3. The van der Waals surface area contributed by atoms with Crippen molar-refractivity contribution in [1.29, 1.82) is 0 Å². The van der Waals surface area contributed by atoms with E-state index in [2.05, 4.69) is 79.1 Å². The first-order chi connectivity index (χ1) is 27.9. The number of unbranched alkanes of at least 4 members (excludes halogenated alkanes) is 6. The second kappa shape index (κ2) is 34.9. The average molecular weight is 837 g/mol. The fourth-order valence-corrected chi connectivity index (χ4v) is 6.33. The third-order valence-corrected chi connectivity index (χ3v) is 9.68. The maximum Gasteiger partial charge on any atom is 0.469 e. The molecule has 0 saturated carbocycles. The molecule has 0 bridgehead atoms. The van der Waals surface area contributed by atoms with Gasteiger partial charge in [-0.3, -0.25) is 14.1 Å². The van der Waals surface area contributed by atoms with Gasteiger partial charge in [0, 0.05) is 25.2 Å². The number of ether oxygens (including phenoxy) is 3. The number of esters is 2. The summed E-state index contributed by atoms with van der Waals surface area (Å²) in [5.74, 6) is -1.44. The zero-order valence-corrected chi connectivity index (χ0v) is 35.8. The van der Waals surface area contributed by atoms with Crippen molar-refractivity contribution < 1.29 is 58.0 Å². The Morgan fingerprint density at radius 3 is 1.98 bits per heavy atom. The first kappa shape index (κ1) is 53.1. The van der Waals surface area contributed by atoms with E-state index in [1.807, 2.05) is 12.2 Å². The summed E-state index contributed by atoms with van der Waals surface area (Å²) in [7, 11) is -4.84. The minimum absolute atomic E-state index is 0.0604. The van der Waals surface area contributed by atoms with Gasteiger partial charge in [-0.2, -0.15) is 0 Å². The van der Waals surface area contributed by atoms with Crippen LogP contribution in [0.4, 0.5) is 0 Å². The summed E-state index contributed by atoms with van der Waals surface area (Å²) < 4.78 is 32.0. The van der Waals surface area contributed by atoms with Crippen LogP contribution in [0.15, 0.2) is 85.1 Å². The lowest BCUT2D eigenvalue weighted by Crippen LogP contribution is -2.43. The Labute approximate surface area is 347 Å². The summed E-state index contributed by atoms with van der Waals surface area (Å²) in [5.41, 5.74) is 0. The van der Waals surface area contributed by atoms with Gasteiger partial charge >= 0.3 is 19.8 Å². The molecule has 1 heterocycles. The zero-order chi connectivity index (χ0) is 42.7. The van der Waals surface area contributed by atoms with E-state index in [1.54, 1.807) is 12.2 Å². The van der Waals surface area contributed by atoms with Crippen LogP contribution in [0.1, 0.15) is 136 Å².